The van der Waals surface area contributed by atoms with Gasteiger partial charge in [-0.3, -0.25) is 4.79 Å². The number of rotatable bonds is 2. The molecule has 1 amide bonds. The lowest BCUT2D eigenvalue weighted by molar-refractivity contribution is -0.297. The zero-order chi connectivity index (χ0) is 11.8. The third-order valence-electron chi connectivity index (χ3n) is 2.41. The van der Waals surface area contributed by atoms with Crippen molar-refractivity contribution in [2.24, 2.45) is 11.5 Å². The first kappa shape index (κ1) is 12.3. The van der Waals surface area contributed by atoms with Crippen LogP contribution in [0.4, 0.5) is 0 Å². The Morgan fingerprint density at radius 2 is 1.93 bits per heavy atom. The van der Waals surface area contributed by atoms with Crippen LogP contribution in [0.2, 0.25) is 0 Å². The molecular formula is C7H14N2O6. The lowest BCUT2D eigenvalue weighted by atomic mass is 9.90. The van der Waals surface area contributed by atoms with E-state index in [0.29, 0.717) is 0 Å². The summed E-state index contributed by atoms with van der Waals surface area (Å²) in [5.41, 5.74) is 10.1. The van der Waals surface area contributed by atoms with Crippen LogP contribution in [-0.2, 0) is 9.53 Å². The first-order valence-corrected chi connectivity index (χ1v) is 4.27. The lowest BCUT2D eigenvalue weighted by Gasteiger charge is -2.44. The number of carbonyl (C=O) groups excluding carboxylic acids is 1. The van der Waals surface area contributed by atoms with Crippen LogP contribution < -0.4 is 11.5 Å². The average Bonchev–Trinajstić information content (AvgIpc) is 2.20. The highest BCUT2D eigenvalue weighted by atomic mass is 16.7. The van der Waals surface area contributed by atoms with E-state index < -0.39 is 42.7 Å². The Hall–Kier alpha value is -0.770. The number of primary amides is 1. The smallest absolute Gasteiger partial charge is 0.279 e. The van der Waals surface area contributed by atoms with E-state index in [9.17, 15) is 20.1 Å². The molecule has 1 aliphatic rings. The number of amides is 1. The van der Waals surface area contributed by atoms with Crippen molar-refractivity contribution < 1.29 is 30.0 Å². The molecule has 5 atom stereocenters. The van der Waals surface area contributed by atoms with E-state index in [1.54, 1.807) is 0 Å². The Bertz CT molecular complexity index is 260. The van der Waals surface area contributed by atoms with Gasteiger partial charge < -0.3 is 36.6 Å². The molecule has 1 heterocycles. The predicted molar refractivity (Wildman–Crippen MR) is 46.1 cm³/mol. The van der Waals surface area contributed by atoms with Gasteiger partial charge in [-0.2, -0.15) is 0 Å². The molecule has 1 saturated heterocycles. The maximum Gasteiger partial charge on any atom is 0.279 e. The molecule has 1 aliphatic heterocycles. The summed E-state index contributed by atoms with van der Waals surface area (Å²) in [5.74, 6) is -3.88. The molecule has 0 bridgehead atoms. The van der Waals surface area contributed by atoms with Crippen molar-refractivity contribution in [3.63, 3.8) is 0 Å². The fraction of sp³-hybridized carbons (Fsp3) is 0.857. The zero-order valence-corrected chi connectivity index (χ0v) is 7.78. The predicted octanol–water partition coefficient (Wildman–Crippen LogP) is -4.40. The van der Waals surface area contributed by atoms with E-state index in [0.717, 1.165) is 0 Å². The molecule has 8 N–H and O–H groups in total. The molecule has 15 heavy (non-hydrogen) atoms. The van der Waals surface area contributed by atoms with Crippen LogP contribution >= 0.6 is 0 Å². The fourth-order valence-electron chi connectivity index (χ4n) is 1.41. The van der Waals surface area contributed by atoms with Gasteiger partial charge in [0, 0.05) is 0 Å². The minimum absolute atomic E-state index is 0.694. The second-order valence-corrected chi connectivity index (χ2v) is 3.41. The topological polar surface area (TPSA) is 159 Å². The molecule has 0 radical (unpaired) electrons. The number of nitrogens with two attached hydrogens (primary N) is 2. The van der Waals surface area contributed by atoms with Gasteiger partial charge in [0.05, 0.1) is 12.6 Å². The van der Waals surface area contributed by atoms with Gasteiger partial charge in [0.1, 0.15) is 18.3 Å². The molecule has 88 valence electrons. The summed E-state index contributed by atoms with van der Waals surface area (Å²) in [6.45, 7) is -0.694. The van der Waals surface area contributed by atoms with Crippen molar-refractivity contribution in [2.45, 2.75) is 30.1 Å². The van der Waals surface area contributed by atoms with Crippen LogP contribution in [0, 0.1) is 0 Å². The molecule has 0 spiro atoms. The third-order valence-corrected chi connectivity index (χ3v) is 2.41. The number of ether oxygens (including phenoxy) is 1. The van der Waals surface area contributed by atoms with Gasteiger partial charge in [0.2, 0.25) is 0 Å². The highest BCUT2D eigenvalue weighted by Crippen LogP contribution is 2.26. The van der Waals surface area contributed by atoms with E-state index in [1.807, 2.05) is 0 Å². The first-order chi connectivity index (χ1) is 6.84. The summed E-state index contributed by atoms with van der Waals surface area (Å²) < 4.78 is 4.68. The molecule has 1 rings (SSSR count). The Morgan fingerprint density at radius 1 is 1.40 bits per heavy atom. The van der Waals surface area contributed by atoms with Crippen molar-refractivity contribution in [3.8, 4) is 0 Å². The summed E-state index contributed by atoms with van der Waals surface area (Å²) in [4.78, 5) is 10.9. The molecule has 1 fully saturated rings. The van der Waals surface area contributed by atoms with Crippen molar-refractivity contribution in [1.82, 2.24) is 0 Å². The summed E-state index contributed by atoms with van der Waals surface area (Å²) >= 11 is 0. The molecule has 0 aliphatic carbocycles. The van der Waals surface area contributed by atoms with E-state index in [1.165, 1.54) is 0 Å². The Labute approximate surface area is 85.1 Å². The minimum Gasteiger partial charge on any atom is -0.394 e. The Kier molecular flexibility index (Phi) is 3.28. The SMILES string of the molecule is NC(=O)C1(O)O[C@H](CO)[C@@H](O)[C@H](O)[C@H]1N. The number of carbonyl (C=O) groups is 1. The van der Waals surface area contributed by atoms with Crippen LogP contribution in [0.15, 0.2) is 0 Å². The zero-order valence-electron chi connectivity index (χ0n) is 7.78. The normalized spacial score (nSPS) is 46.5. The van der Waals surface area contributed by atoms with Crippen molar-refractivity contribution in [1.29, 1.82) is 0 Å². The fourth-order valence-corrected chi connectivity index (χ4v) is 1.41. The second kappa shape index (κ2) is 4.00. The largest absolute Gasteiger partial charge is 0.394 e. The van der Waals surface area contributed by atoms with Crippen LogP contribution in [-0.4, -0.2) is 63.1 Å². The molecule has 0 aromatic rings. The number of hydrogen-bond acceptors (Lipinski definition) is 7. The average molecular weight is 222 g/mol. The van der Waals surface area contributed by atoms with E-state index in [2.05, 4.69) is 4.74 Å². The summed E-state index contributed by atoms with van der Waals surface area (Å²) in [6.07, 6.45) is -4.43. The standard InChI is InChI=1S/C7H14N2O6/c8-5-4(12)3(11)2(1-10)15-7(5,14)6(9)13/h2-5,10-12,14H,1,8H2,(H2,9,13)/t2-,3-,4+,5-,7?/m1/s1. The highest BCUT2D eigenvalue weighted by Gasteiger charge is 2.55. The van der Waals surface area contributed by atoms with Crippen molar-refractivity contribution in [2.75, 3.05) is 6.61 Å². The number of aliphatic hydroxyl groups excluding tert-OH is 3. The maximum atomic E-state index is 10.9. The quantitative estimate of drug-likeness (QED) is 0.275. The molecule has 0 saturated carbocycles. The van der Waals surface area contributed by atoms with Crippen molar-refractivity contribution in [3.05, 3.63) is 0 Å². The Morgan fingerprint density at radius 3 is 2.33 bits per heavy atom. The van der Waals surface area contributed by atoms with Gasteiger partial charge in [-0.25, -0.2) is 0 Å². The van der Waals surface area contributed by atoms with Crippen LogP contribution in [0.3, 0.4) is 0 Å². The number of hydrogen-bond donors (Lipinski definition) is 6. The van der Waals surface area contributed by atoms with Crippen molar-refractivity contribution >= 4 is 5.91 Å². The van der Waals surface area contributed by atoms with Crippen LogP contribution in [0.1, 0.15) is 0 Å². The van der Waals surface area contributed by atoms with E-state index in [-0.39, 0.29) is 0 Å². The van der Waals surface area contributed by atoms with Gasteiger partial charge in [0.25, 0.3) is 11.7 Å². The summed E-state index contributed by atoms with van der Waals surface area (Å²) in [7, 11) is 0. The molecule has 1 unspecified atom stereocenters. The lowest BCUT2D eigenvalue weighted by Crippen LogP contribution is -2.72. The van der Waals surface area contributed by atoms with Gasteiger partial charge in [-0.05, 0) is 0 Å². The first-order valence-electron chi connectivity index (χ1n) is 4.27. The highest BCUT2D eigenvalue weighted by molar-refractivity contribution is 5.82. The monoisotopic (exact) mass is 222 g/mol. The van der Waals surface area contributed by atoms with Gasteiger partial charge >= 0.3 is 0 Å². The maximum absolute atomic E-state index is 10.9. The van der Waals surface area contributed by atoms with E-state index in [4.69, 9.17) is 16.6 Å². The van der Waals surface area contributed by atoms with Gasteiger partial charge in [-0.1, -0.05) is 0 Å². The van der Waals surface area contributed by atoms with Crippen LogP contribution in [0.25, 0.3) is 0 Å². The van der Waals surface area contributed by atoms with Gasteiger partial charge in [-0.15, -0.1) is 0 Å². The molecule has 8 nitrogen and oxygen atoms in total. The minimum atomic E-state index is -2.59. The third kappa shape index (κ3) is 1.83. The number of aliphatic hydroxyl groups is 4. The second-order valence-electron chi connectivity index (χ2n) is 3.41. The van der Waals surface area contributed by atoms with Gasteiger partial charge in [0.15, 0.2) is 0 Å². The molecule has 0 aromatic heterocycles. The van der Waals surface area contributed by atoms with Crippen LogP contribution in [0.5, 0.6) is 0 Å². The molecule has 8 heteroatoms. The van der Waals surface area contributed by atoms with E-state index >= 15 is 0 Å². The summed E-state index contributed by atoms with van der Waals surface area (Å²) in [6, 6.07) is -1.58. The summed E-state index contributed by atoms with van der Waals surface area (Å²) in [5, 5.41) is 37.1. The molecule has 0 aromatic carbocycles. The molecular weight excluding hydrogens is 208 g/mol. The Balaban J connectivity index is 2.97.